The number of aromatic amines is 1. The number of nitrogens with zero attached hydrogens (tertiary/aromatic N) is 1. The minimum atomic E-state index is -0.954. The molecule has 1 aromatic carbocycles. The number of anilines is 2. The summed E-state index contributed by atoms with van der Waals surface area (Å²) in [7, 11) is 0. The van der Waals surface area contributed by atoms with E-state index < -0.39 is 5.97 Å². The Bertz CT molecular complexity index is 519. The molecule has 82 valence electrons. The lowest BCUT2D eigenvalue weighted by Gasteiger charge is -2.07. The van der Waals surface area contributed by atoms with E-state index in [1.165, 1.54) is 0 Å². The predicted molar refractivity (Wildman–Crippen MR) is 60.0 cm³/mol. The molecule has 0 aliphatic carbocycles. The molecule has 0 saturated heterocycles. The maximum absolute atomic E-state index is 11.0. The summed E-state index contributed by atoms with van der Waals surface area (Å²) in [4.78, 5) is 11.0. The van der Waals surface area contributed by atoms with Gasteiger partial charge in [0.05, 0.1) is 28.8 Å². The molecule has 2 rings (SSSR count). The summed E-state index contributed by atoms with van der Waals surface area (Å²) in [6.07, 6.45) is 1.62. The molecule has 3 N–H and O–H groups in total. The summed E-state index contributed by atoms with van der Waals surface area (Å²) in [6, 6.07) is 6.75. The van der Waals surface area contributed by atoms with Gasteiger partial charge in [-0.05, 0) is 19.1 Å². The van der Waals surface area contributed by atoms with Crippen LogP contribution in [0.2, 0.25) is 0 Å². The van der Waals surface area contributed by atoms with E-state index in [9.17, 15) is 4.79 Å². The van der Waals surface area contributed by atoms with Crippen LogP contribution in [0.15, 0.2) is 30.5 Å². The first-order valence-corrected chi connectivity index (χ1v) is 4.78. The molecule has 0 saturated carbocycles. The van der Waals surface area contributed by atoms with Crippen molar-refractivity contribution in [3.63, 3.8) is 0 Å². The van der Waals surface area contributed by atoms with E-state index in [2.05, 4.69) is 15.5 Å². The minimum absolute atomic E-state index is 0.239. The van der Waals surface area contributed by atoms with Crippen LogP contribution >= 0.6 is 0 Å². The zero-order valence-corrected chi connectivity index (χ0v) is 8.69. The minimum Gasteiger partial charge on any atom is -0.478 e. The average molecular weight is 217 g/mol. The van der Waals surface area contributed by atoms with Gasteiger partial charge in [0.2, 0.25) is 0 Å². The zero-order valence-electron chi connectivity index (χ0n) is 8.69. The van der Waals surface area contributed by atoms with Crippen LogP contribution in [0.1, 0.15) is 16.1 Å². The summed E-state index contributed by atoms with van der Waals surface area (Å²) < 4.78 is 0. The Morgan fingerprint density at radius 3 is 2.75 bits per heavy atom. The maximum Gasteiger partial charge on any atom is 0.337 e. The largest absolute Gasteiger partial charge is 0.478 e. The molecule has 1 aromatic heterocycles. The number of H-pyrrole nitrogens is 1. The Morgan fingerprint density at radius 1 is 1.38 bits per heavy atom. The fourth-order valence-electron chi connectivity index (χ4n) is 1.40. The van der Waals surface area contributed by atoms with Gasteiger partial charge in [-0.25, -0.2) is 4.79 Å². The highest BCUT2D eigenvalue weighted by atomic mass is 16.4. The van der Waals surface area contributed by atoms with Crippen LogP contribution in [0.5, 0.6) is 0 Å². The highest BCUT2D eigenvalue weighted by Gasteiger charge is 2.10. The number of hydrogen-bond acceptors (Lipinski definition) is 3. The van der Waals surface area contributed by atoms with Crippen molar-refractivity contribution in [3.8, 4) is 0 Å². The molecule has 0 bridgehead atoms. The fraction of sp³-hybridized carbons (Fsp3) is 0.0909. The van der Waals surface area contributed by atoms with Gasteiger partial charge >= 0.3 is 5.97 Å². The Labute approximate surface area is 92.1 Å². The Morgan fingerprint density at radius 2 is 2.12 bits per heavy atom. The molecule has 0 unspecified atom stereocenters. The van der Waals surface area contributed by atoms with Gasteiger partial charge in [-0.3, -0.25) is 5.10 Å². The second-order valence-electron chi connectivity index (χ2n) is 3.38. The lowest BCUT2D eigenvalue weighted by atomic mass is 10.1. The average Bonchev–Trinajstić information content (AvgIpc) is 2.65. The van der Waals surface area contributed by atoms with Crippen molar-refractivity contribution in [2.45, 2.75) is 6.92 Å². The third-order valence-electron chi connectivity index (χ3n) is 2.26. The third-order valence-corrected chi connectivity index (χ3v) is 2.26. The van der Waals surface area contributed by atoms with Crippen LogP contribution in [-0.4, -0.2) is 21.3 Å². The Kier molecular flexibility index (Phi) is 2.59. The van der Waals surface area contributed by atoms with Crippen LogP contribution in [-0.2, 0) is 0 Å². The van der Waals surface area contributed by atoms with Crippen LogP contribution in [0.25, 0.3) is 0 Å². The highest BCUT2D eigenvalue weighted by molar-refractivity contribution is 5.95. The monoisotopic (exact) mass is 217 g/mol. The molecule has 0 fully saturated rings. The molecule has 16 heavy (non-hydrogen) atoms. The SMILES string of the molecule is Cc1[nH]ncc1Nc1ccccc1C(=O)O. The first-order valence-electron chi connectivity index (χ1n) is 4.78. The van der Waals surface area contributed by atoms with Crippen molar-refractivity contribution in [1.82, 2.24) is 10.2 Å². The van der Waals surface area contributed by atoms with Crippen molar-refractivity contribution < 1.29 is 9.90 Å². The summed E-state index contributed by atoms with van der Waals surface area (Å²) >= 11 is 0. The number of para-hydroxylation sites is 1. The van der Waals surface area contributed by atoms with E-state index in [0.717, 1.165) is 11.4 Å². The molecule has 5 heteroatoms. The normalized spacial score (nSPS) is 10.1. The summed E-state index contributed by atoms with van der Waals surface area (Å²) in [6.45, 7) is 1.86. The molecular formula is C11H11N3O2. The van der Waals surface area contributed by atoms with Gasteiger partial charge in [-0.1, -0.05) is 12.1 Å². The fourth-order valence-corrected chi connectivity index (χ4v) is 1.40. The van der Waals surface area contributed by atoms with Crippen molar-refractivity contribution >= 4 is 17.3 Å². The van der Waals surface area contributed by atoms with Gasteiger partial charge in [0, 0.05) is 0 Å². The predicted octanol–water partition coefficient (Wildman–Crippen LogP) is 2.16. The van der Waals surface area contributed by atoms with Gasteiger partial charge in [-0.2, -0.15) is 5.10 Å². The number of aryl methyl sites for hydroxylation is 1. The topological polar surface area (TPSA) is 78.0 Å². The van der Waals surface area contributed by atoms with Gasteiger partial charge < -0.3 is 10.4 Å². The third kappa shape index (κ3) is 1.88. The number of carboxylic acids is 1. The smallest absolute Gasteiger partial charge is 0.337 e. The quantitative estimate of drug-likeness (QED) is 0.736. The van der Waals surface area contributed by atoms with E-state index in [1.54, 1.807) is 30.5 Å². The lowest BCUT2D eigenvalue weighted by Crippen LogP contribution is -2.02. The van der Waals surface area contributed by atoms with E-state index >= 15 is 0 Å². The molecule has 0 amide bonds. The van der Waals surface area contributed by atoms with Crippen LogP contribution in [0, 0.1) is 6.92 Å². The number of aromatic nitrogens is 2. The van der Waals surface area contributed by atoms with Gasteiger partial charge in [0.1, 0.15) is 0 Å². The van der Waals surface area contributed by atoms with Crippen molar-refractivity contribution in [2.24, 2.45) is 0 Å². The number of benzene rings is 1. The van der Waals surface area contributed by atoms with Crippen molar-refractivity contribution in [3.05, 3.63) is 41.7 Å². The number of carboxylic acid groups (broad SMARTS) is 1. The molecule has 2 aromatic rings. The molecule has 5 nitrogen and oxygen atoms in total. The maximum atomic E-state index is 11.0. The summed E-state index contributed by atoms with van der Waals surface area (Å²) in [5.74, 6) is -0.954. The second-order valence-corrected chi connectivity index (χ2v) is 3.38. The lowest BCUT2D eigenvalue weighted by molar-refractivity contribution is 0.0698. The Balaban J connectivity index is 2.35. The molecule has 0 aliphatic heterocycles. The molecule has 0 aliphatic rings. The molecule has 1 heterocycles. The van der Waals surface area contributed by atoms with E-state index in [0.29, 0.717) is 5.69 Å². The molecule has 0 atom stereocenters. The number of rotatable bonds is 3. The summed E-state index contributed by atoms with van der Waals surface area (Å²) in [5.41, 5.74) is 2.43. The van der Waals surface area contributed by atoms with Gasteiger partial charge in [0.15, 0.2) is 0 Å². The first-order chi connectivity index (χ1) is 7.68. The molecule has 0 radical (unpaired) electrons. The molecule has 0 spiro atoms. The number of nitrogens with one attached hydrogen (secondary N) is 2. The molecular weight excluding hydrogens is 206 g/mol. The first kappa shape index (κ1) is 10.2. The van der Waals surface area contributed by atoms with Crippen LogP contribution < -0.4 is 5.32 Å². The zero-order chi connectivity index (χ0) is 11.5. The summed E-state index contributed by atoms with van der Waals surface area (Å²) in [5, 5.41) is 18.7. The van der Waals surface area contributed by atoms with Crippen LogP contribution in [0.4, 0.5) is 11.4 Å². The Hall–Kier alpha value is -2.30. The highest BCUT2D eigenvalue weighted by Crippen LogP contribution is 2.21. The van der Waals surface area contributed by atoms with E-state index in [-0.39, 0.29) is 5.56 Å². The standard InChI is InChI=1S/C11H11N3O2/c1-7-10(6-12-14-7)13-9-5-3-2-4-8(9)11(15)16/h2-6,13H,1H3,(H,12,14)(H,15,16). The van der Waals surface area contributed by atoms with Gasteiger partial charge in [-0.15, -0.1) is 0 Å². The van der Waals surface area contributed by atoms with Crippen molar-refractivity contribution in [1.29, 1.82) is 0 Å². The number of aromatic carboxylic acids is 1. The second kappa shape index (κ2) is 4.06. The van der Waals surface area contributed by atoms with E-state index in [4.69, 9.17) is 5.11 Å². The van der Waals surface area contributed by atoms with Crippen molar-refractivity contribution in [2.75, 3.05) is 5.32 Å². The number of hydrogen-bond donors (Lipinski definition) is 3. The number of carbonyl (C=O) groups is 1. The van der Waals surface area contributed by atoms with Gasteiger partial charge in [0.25, 0.3) is 0 Å². The van der Waals surface area contributed by atoms with Crippen LogP contribution in [0.3, 0.4) is 0 Å². The van der Waals surface area contributed by atoms with E-state index in [1.807, 2.05) is 6.92 Å².